The lowest BCUT2D eigenvalue weighted by Crippen LogP contribution is -2.40. The molecule has 1 fully saturated rings. The van der Waals surface area contributed by atoms with Crippen LogP contribution < -0.4 is 0 Å². The second kappa shape index (κ2) is 4.61. The van der Waals surface area contributed by atoms with Crippen molar-refractivity contribution in [1.82, 2.24) is 9.88 Å². The number of hydrogen-bond donors (Lipinski definition) is 0. The maximum atomic E-state index is 12.4. The van der Waals surface area contributed by atoms with E-state index in [0.29, 0.717) is 6.42 Å². The fraction of sp³-hybridized carbons (Fsp3) is 0.429. The summed E-state index contributed by atoms with van der Waals surface area (Å²) in [6.07, 6.45) is 1.37. The number of likely N-dealkylation sites (tertiary alicyclic amines) is 1. The third kappa shape index (κ3) is 2.30. The summed E-state index contributed by atoms with van der Waals surface area (Å²) in [5.74, 6) is -1.60. The van der Waals surface area contributed by atoms with Gasteiger partial charge in [0.05, 0.1) is 0 Å². The van der Waals surface area contributed by atoms with Gasteiger partial charge < -0.3 is 4.90 Å². The molecule has 1 aromatic rings. The number of hydrogen-bond acceptors (Lipinski definition) is 2. The van der Waals surface area contributed by atoms with Gasteiger partial charge in [0.25, 0.3) is 0 Å². The number of carbonyl (C=O) groups is 1. The first-order valence-corrected chi connectivity index (χ1v) is 6.42. The van der Waals surface area contributed by atoms with Crippen molar-refractivity contribution < 1.29 is 18.0 Å². The van der Waals surface area contributed by atoms with Crippen molar-refractivity contribution >= 4 is 11.5 Å². The second-order valence-electron chi connectivity index (χ2n) is 5.27. The molecule has 6 heteroatoms. The molecule has 3 nitrogen and oxygen atoms in total. The highest BCUT2D eigenvalue weighted by Crippen LogP contribution is 2.41. The highest BCUT2D eigenvalue weighted by atomic mass is 19.4. The first-order valence-electron chi connectivity index (χ1n) is 6.42. The predicted octanol–water partition coefficient (Wildman–Crippen LogP) is 2.51. The molecule has 2 atom stereocenters. The van der Waals surface area contributed by atoms with Crippen LogP contribution in [0, 0.1) is 11.8 Å². The van der Waals surface area contributed by atoms with Gasteiger partial charge in [-0.1, -0.05) is 12.1 Å². The standard InChI is InChI=1S/C14H13F3N2O/c15-14(16,17)13(20)19-7-11-4-10(5-12(11)8-19)9-2-1-3-18-6-9/h1-4,6,11-12H,5,7-8H2. The largest absolute Gasteiger partial charge is 0.471 e. The van der Waals surface area contributed by atoms with Crippen molar-refractivity contribution in [3.63, 3.8) is 0 Å². The third-order valence-corrected chi connectivity index (χ3v) is 3.95. The number of carbonyl (C=O) groups excluding carboxylic acids is 1. The summed E-state index contributed by atoms with van der Waals surface area (Å²) in [4.78, 5) is 16.2. The van der Waals surface area contributed by atoms with Crippen molar-refractivity contribution in [3.05, 3.63) is 36.2 Å². The van der Waals surface area contributed by atoms with E-state index in [-0.39, 0.29) is 24.9 Å². The Hall–Kier alpha value is -1.85. The minimum atomic E-state index is -4.77. The smallest absolute Gasteiger partial charge is 0.334 e. The molecule has 1 saturated heterocycles. The van der Waals surface area contributed by atoms with Gasteiger partial charge in [0.1, 0.15) is 0 Å². The molecule has 1 aliphatic heterocycles. The third-order valence-electron chi connectivity index (χ3n) is 3.95. The van der Waals surface area contributed by atoms with Crippen molar-refractivity contribution in [2.45, 2.75) is 12.6 Å². The molecule has 0 aromatic carbocycles. The maximum Gasteiger partial charge on any atom is 0.471 e. The summed E-state index contributed by atoms with van der Waals surface area (Å²) in [6.45, 7) is 0.343. The number of alkyl halides is 3. The van der Waals surface area contributed by atoms with E-state index in [0.717, 1.165) is 16.0 Å². The summed E-state index contributed by atoms with van der Waals surface area (Å²) in [5.41, 5.74) is 2.13. The van der Waals surface area contributed by atoms with Crippen LogP contribution in [0.3, 0.4) is 0 Å². The normalized spacial score (nSPS) is 25.6. The van der Waals surface area contributed by atoms with E-state index in [4.69, 9.17) is 0 Å². The predicted molar refractivity (Wildman–Crippen MR) is 66.4 cm³/mol. The molecule has 1 aliphatic carbocycles. The lowest BCUT2D eigenvalue weighted by Gasteiger charge is -2.18. The van der Waals surface area contributed by atoms with E-state index in [1.165, 1.54) is 0 Å². The van der Waals surface area contributed by atoms with Gasteiger partial charge in [-0.2, -0.15) is 13.2 Å². The van der Waals surface area contributed by atoms with Gasteiger partial charge in [0.15, 0.2) is 0 Å². The Morgan fingerprint density at radius 3 is 2.75 bits per heavy atom. The minimum absolute atomic E-state index is 0.0245. The summed E-state index contributed by atoms with van der Waals surface area (Å²) in [6, 6.07) is 3.78. The Morgan fingerprint density at radius 1 is 1.35 bits per heavy atom. The topological polar surface area (TPSA) is 33.2 Å². The number of halogens is 3. The molecule has 2 heterocycles. The summed E-state index contributed by atoms with van der Waals surface area (Å²) in [7, 11) is 0. The van der Waals surface area contributed by atoms with Crippen molar-refractivity contribution in [2.75, 3.05) is 13.1 Å². The van der Waals surface area contributed by atoms with Crippen molar-refractivity contribution in [2.24, 2.45) is 11.8 Å². The van der Waals surface area contributed by atoms with E-state index in [2.05, 4.69) is 4.98 Å². The van der Waals surface area contributed by atoms with Crippen molar-refractivity contribution in [3.8, 4) is 0 Å². The average molecular weight is 282 g/mol. The lowest BCUT2D eigenvalue weighted by molar-refractivity contribution is -0.184. The van der Waals surface area contributed by atoms with Gasteiger partial charge in [-0.3, -0.25) is 9.78 Å². The first-order chi connectivity index (χ1) is 9.45. The molecule has 0 radical (unpaired) electrons. The average Bonchev–Trinajstić information content (AvgIpc) is 2.95. The molecule has 1 aromatic heterocycles. The summed E-state index contributed by atoms with van der Waals surface area (Å²) < 4.78 is 37.2. The number of amides is 1. The summed E-state index contributed by atoms with van der Waals surface area (Å²) in [5, 5.41) is 0. The molecule has 2 aliphatic rings. The number of rotatable bonds is 1. The van der Waals surface area contributed by atoms with Gasteiger partial charge in [0.2, 0.25) is 0 Å². The van der Waals surface area contributed by atoms with Crippen molar-refractivity contribution in [1.29, 1.82) is 0 Å². The molecule has 106 valence electrons. The van der Waals surface area contributed by atoms with E-state index >= 15 is 0 Å². The Labute approximate surface area is 114 Å². The van der Waals surface area contributed by atoms with Crippen LogP contribution in [0.1, 0.15) is 12.0 Å². The number of nitrogens with zero attached hydrogens (tertiary/aromatic N) is 2. The maximum absolute atomic E-state index is 12.4. The molecule has 3 rings (SSSR count). The fourth-order valence-corrected chi connectivity index (χ4v) is 3.02. The SMILES string of the molecule is O=C(N1CC2C=C(c3cccnc3)CC2C1)C(F)(F)F. The first kappa shape index (κ1) is 13.1. The zero-order valence-electron chi connectivity index (χ0n) is 10.6. The monoisotopic (exact) mass is 282 g/mol. The van der Waals surface area contributed by atoms with Crippen LogP contribution in [0.2, 0.25) is 0 Å². The zero-order chi connectivity index (χ0) is 14.3. The van der Waals surface area contributed by atoms with Crippen LogP contribution in [0.4, 0.5) is 13.2 Å². The molecule has 0 N–H and O–H groups in total. The fourth-order valence-electron chi connectivity index (χ4n) is 3.02. The molecule has 0 bridgehead atoms. The van der Waals surface area contributed by atoms with E-state index in [1.807, 2.05) is 18.2 Å². The highest BCUT2D eigenvalue weighted by Gasteiger charge is 2.47. The lowest BCUT2D eigenvalue weighted by atomic mass is 9.99. The molecular formula is C14H13F3N2O. The van der Waals surface area contributed by atoms with Gasteiger partial charge in [0, 0.05) is 25.5 Å². The van der Waals surface area contributed by atoms with Crippen LogP contribution in [-0.2, 0) is 4.79 Å². The van der Waals surface area contributed by atoms with Gasteiger partial charge in [-0.05, 0) is 35.5 Å². The molecule has 0 saturated carbocycles. The number of pyridine rings is 1. The minimum Gasteiger partial charge on any atom is -0.334 e. The Balaban J connectivity index is 1.72. The van der Waals surface area contributed by atoms with E-state index < -0.39 is 12.1 Å². The Bertz CT molecular complexity index is 553. The molecule has 2 unspecified atom stereocenters. The van der Waals surface area contributed by atoms with Crippen LogP contribution >= 0.6 is 0 Å². The highest BCUT2D eigenvalue weighted by molar-refractivity contribution is 5.82. The zero-order valence-corrected chi connectivity index (χ0v) is 10.6. The van der Waals surface area contributed by atoms with E-state index in [1.54, 1.807) is 12.4 Å². The van der Waals surface area contributed by atoms with E-state index in [9.17, 15) is 18.0 Å². The number of allylic oxidation sites excluding steroid dienone is 1. The van der Waals surface area contributed by atoms with Crippen LogP contribution in [0.15, 0.2) is 30.6 Å². The number of fused-ring (bicyclic) bond motifs is 1. The van der Waals surface area contributed by atoms with Gasteiger partial charge in [-0.25, -0.2) is 0 Å². The second-order valence-corrected chi connectivity index (χ2v) is 5.27. The Morgan fingerprint density at radius 2 is 2.15 bits per heavy atom. The number of aromatic nitrogens is 1. The quantitative estimate of drug-likeness (QED) is 0.793. The molecular weight excluding hydrogens is 269 g/mol. The van der Waals surface area contributed by atoms with Crippen LogP contribution in [-0.4, -0.2) is 35.1 Å². The van der Waals surface area contributed by atoms with Crippen LogP contribution in [0.25, 0.3) is 5.57 Å². The molecule has 0 spiro atoms. The van der Waals surface area contributed by atoms with Crippen LogP contribution in [0.5, 0.6) is 0 Å². The molecule has 1 amide bonds. The summed E-state index contributed by atoms with van der Waals surface area (Å²) >= 11 is 0. The van der Waals surface area contributed by atoms with Gasteiger partial charge >= 0.3 is 12.1 Å². The molecule has 20 heavy (non-hydrogen) atoms. The van der Waals surface area contributed by atoms with Gasteiger partial charge in [-0.15, -0.1) is 0 Å². The Kier molecular flexibility index (Phi) is 3.03.